The fourth-order valence-electron chi connectivity index (χ4n) is 2.58. The third-order valence-electron chi connectivity index (χ3n) is 3.94. The molecule has 1 atom stereocenters. The molecule has 0 spiro atoms. The molecule has 0 amide bonds. The SMILES string of the molecule is CC(CN)CNCC(C)(C)C1CCCC1. The lowest BCUT2D eigenvalue weighted by atomic mass is 9.77. The van der Waals surface area contributed by atoms with Crippen LogP contribution in [0.5, 0.6) is 0 Å². The Bertz CT molecular complexity index is 171. The van der Waals surface area contributed by atoms with Gasteiger partial charge in [0.1, 0.15) is 0 Å². The van der Waals surface area contributed by atoms with Gasteiger partial charge in [-0.25, -0.2) is 0 Å². The van der Waals surface area contributed by atoms with Crippen LogP contribution in [0, 0.1) is 17.3 Å². The molecule has 0 aromatic carbocycles. The molecule has 90 valence electrons. The van der Waals surface area contributed by atoms with Gasteiger partial charge in [0.15, 0.2) is 0 Å². The summed E-state index contributed by atoms with van der Waals surface area (Å²) in [5, 5.41) is 3.57. The highest BCUT2D eigenvalue weighted by Gasteiger charge is 2.31. The van der Waals surface area contributed by atoms with Crippen molar-refractivity contribution in [2.24, 2.45) is 23.0 Å². The summed E-state index contributed by atoms with van der Waals surface area (Å²) in [6, 6.07) is 0. The highest BCUT2D eigenvalue weighted by Crippen LogP contribution is 2.38. The molecule has 0 heterocycles. The van der Waals surface area contributed by atoms with Crippen LogP contribution in [0.3, 0.4) is 0 Å². The molecule has 1 unspecified atom stereocenters. The van der Waals surface area contributed by atoms with Crippen molar-refractivity contribution in [3.63, 3.8) is 0 Å². The quantitative estimate of drug-likeness (QED) is 0.709. The topological polar surface area (TPSA) is 38.0 Å². The van der Waals surface area contributed by atoms with E-state index in [1.54, 1.807) is 0 Å². The zero-order chi connectivity index (χ0) is 11.3. The molecule has 1 aliphatic rings. The van der Waals surface area contributed by atoms with Crippen molar-refractivity contribution in [1.82, 2.24) is 5.32 Å². The lowest BCUT2D eigenvalue weighted by molar-refractivity contribution is 0.205. The van der Waals surface area contributed by atoms with Gasteiger partial charge in [-0.1, -0.05) is 33.6 Å². The van der Waals surface area contributed by atoms with Gasteiger partial charge in [0.2, 0.25) is 0 Å². The van der Waals surface area contributed by atoms with Crippen molar-refractivity contribution in [3.05, 3.63) is 0 Å². The Morgan fingerprint density at radius 1 is 1.33 bits per heavy atom. The number of rotatable bonds is 6. The number of hydrogen-bond donors (Lipinski definition) is 2. The van der Waals surface area contributed by atoms with E-state index in [9.17, 15) is 0 Å². The second-order valence-corrected chi connectivity index (χ2v) is 5.94. The average molecular weight is 212 g/mol. The number of hydrogen-bond acceptors (Lipinski definition) is 2. The Hall–Kier alpha value is -0.0800. The molecule has 1 rings (SSSR count). The number of nitrogens with one attached hydrogen (secondary N) is 1. The molecule has 1 aliphatic carbocycles. The fourth-order valence-corrected chi connectivity index (χ4v) is 2.58. The van der Waals surface area contributed by atoms with Crippen molar-refractivity contribution in [2.75, 3.05) is 19.6 Å². The van der Waals surface area contributed by atoms with Crippen molar-refractivity contribution >= 4 is 0 Å². The Morgan fingerprint density at radius 2 is 1.93 bits per heavy atom. The monoisotopic (exact) mass is 212 g/mol. The lowest BCUT2D eigenvalue weighted by Crippen LogP contribution is -2.37. The second-order valence-electron chi connectivity index (χ2n) is 5.94. The molecular weight excluding hydrogens is 184 g/mol. The van der Waals surface area contributed by atoms with Gasteiger partial charge in [-0.2, -0.15) is 0 Å². The molecule has 0 aromatic rings. The summed E-state index contributed by atoms with van der Waals surface area (Å²) in [5.74, 6) is 1.53. The molecule has 0 aromatic heterocycles. The highest BCUT2D eigenvalue weighted by molar-refractivity contribution is 4.84. The van der Waals surface area contributed by atoms with Gasteiger partial charge in [-0.05, 0) is 43.2 Å². The molecule has 3 N–H and O–H groups in total. The van der Waals surface area contributed by atoms with Crippen molar-refractivity contribution < 1.29 is 0 Å². The Balaban J connectivity index is 2.23. The van der Waals surface area contributed by atoms with Crippen LogP contribution < -0.4 is 11.1 Å². The maximum atomic E-state index is 5.60. The van der Waals surface area contributed by atoms with Crippen LogP contribution in [0.4, 0.5) is 0 Å². The lowest BCUT2D eigenvalue weighted by Gasteiger charge is -2.32. The summed E-state index contributed by atoms with van der Waals surface area (Å²) >= 11 is 0. The van der Waals surface area contributed by atoms with Gasteiger partial charge in [-0.15, -0.1) is 0 Å². The minimum absolute atomic E-state index is 0.463. The van der Waals surface area contributed by atoms with Crippen LogP contribution in [0.2, 0.25) is 0 Å². The second kappa shape index (κ2) is 5.86. The Morgan fingerprint density at radius 3 is 2.47 bits per heavy atom. The van der Waals surface area contributed by atoms with E-state index in [4.69, 9.17) is 5.73 Å². The first kappa shape index (κ1) is 13.0. The predicted octanol–water partition coefficient (Wildman–Crippen LogP) is 2.39. The first-order valence-electron chi connectivity index (χ1n) is 6.47. The van der Waals surface area contributed by atoms with Crippen molar-refractivity contribution in [2.45, 2.75) is 46.5 Å². The Labute approximate surface area is 95.0 Å². The normalized spacial score (nSPS) is 20.8. The van der Waals surface area contributed by atoms with E-state index in [1.807, 2.05) is 0 Å². The summed E-state index contributed by atoms with van der Waals surface area (Å²) in [4.78, 5) is 0. The number of nitrogens with two attached hydrogens (primary N) is 1. The summed E-state index contributed by atoms with van der Waals surface area (Å²) in [6.07, 6.45) is 5.74. The molecule has 0 bridgehead atoms. The van der Waals surface area contributed by atoms with Crippen LogP contribution in [0.15, 0.2) is 0 Å². The van der Waals surface area contributed by atoms with Crippen LogP contribution in [0.25, 0.3) is 0 Å². The van der Waals surface area contributed by atoms with Crippen LogP contribution in [-0.2, 0) is 0 Å². The average Bonchev–Trinajstić information content (AvgIpc) is 2.70. The molecule has 0 radical (unpaired) electrons. The summed E-state index contributed by atoms with van der Waals surface area (Å²) in [5.41, 5.74) is 6.07. The van der Waals surface area contributed by atoms with Gasteiger partial charge in [-0.3, -0.25) is 0 Å². The van der Waals surface area contributed by atoms with Gasteiger partial charge in [0, 0.05) is 6.54 Å². The minimum atomic E-state index is 0.463. The maximum Gasteiger partial charge on any atom is 0.000529 e. The van der Waals surface area contributed by atoms with Crippen molar-refractivity contribution in [1.29, 1.82) is 0 Å². The Kier molecular flexibility index (Phi) is 5.07. The van der Waals surface area contributed by atoms with E-state index in [0.29, 0.717) is 11.3 Å². The smallest absolute Gasteiger partial charge is 0.000529 e. The van der Waals surface area contributed by atoms with Gasteiger partial charge in [0.05, 0.1) is 0 Å². The molecule has 2 nitrogen and oxygen atoms in total. The molecule has 2 heteroatoms. The first-order chi connectivity index (χ1) is 7.06. The molecule has 0 aliphatic heterocycles. The van der Waals surface area contributed by atoms with E-state index in [0.717, 1.165) is 25.6 Å². The molecule has 15 heavy (non-hydrogen) atoms. The van der Waals surface area contributed by atoms with E-state index in [2.05, 4.69) is 26.1 Å². The largest absolute Gasteiger partial charge is 0.330 e. The summed E-state index contributed by atoms with van der Waals surface area (Å²) < 4.78 is 0. The summed E-state index contributed by atoms with van der Waals surface area (Å²) in [6.45, 7) is 10.0. The zero-order valence-electron chi connectivity index (χ0n) is 10.7. The predicted molar refractivity (Wildman–Crippen MR) is 66.8 cm³/mol. The third-order valence-corrected chi connectivity index (χ3v) is 3.94. The van der Waals surface area contributed by atoms with Gasteiger partial charge < -0.3 is 11.1 Å². The minimum Gasteiger partial charge on any atom is -0.330 e. The summed E-state index contributed by atoms with van der Waals surface area (Å²) in [7, 11) is 0. The maximum absolute atomic E-state index is 5.60. The molecular formula is C13H28N2. The van der Waals surface area contributed by atoms with Crippen LogP contribution in [0.1, 0.15) is 46.5 Å². The first-order valence-corrected chi connectivity index (χ1v) is 6.47. The van der Waals surface area contributed by atoms with E-state index >= 15 is 0 Å². The van der Waals surface area contributed by atoms with Crippen LogP contribution >= 0.6 is 0 Å². The molecule has 0 saturated heterocycles. The highest BCUT2D eigenvalue weighted by atomic mass is 14.9. The van der Waals surface area contributed by atoms with Gasteiger partial charge in [0.25, 0.3) is 0 Å². The van der Waals surface area contributed by atoms with Gasteiger partial charge >= 0.3 is 0 Å². The van der Waals surface area contributed by atoms with E-state index < -0.39 is 0 Å². The van der Waals surface area contributed by atoms with E-state index in [-0.39, 0.29) is 0 Å². The zero-order valence-corrected chi connectivity index (χ0v) is 10.7. The molecule has 1 saturated carbocycles. The fraction of sp³-hybridized carbons (Fsp3) is 1.00. The van der Waals surface area contributed by atoms with Crippen LogP contribution in [-0.4, -0.2) is 19.6 Å². The molecule has 1 fully saturated rings. The van der Waals surface area contributed by atoms with E-state index in [1.165, 1.54) is 25.7 Å². The van der Waals surface area contributed by atoms with Crippen molar-refractivity contribution in [3.8, 4) is 0 Å². The standard InChI is InChI=1S/C13H28N2/c1-11(8-14)9-15-10-13(2,3)12-6-4-5-7-12/h11-12,15H,4-10,14H2,1-3H3. The third kappa shape index (κ3) is 4.12.